The Morgan fingerprint density at radius 1 is 1.25 bits per heavy atom. The van der Waals surface area contributed by atoms with Gasteiger partial charge in [-0.25, -0.2) is 8.42 Å². The van der Waals surface area contributed by atoms with E-state index in [1.165, 1.54) is 10.4 Å². The van der Waals surface area contributed by atoms with Crippen molar-refractivity contribution in [2.45, 2.75) is 43.0 Å². The van der Waals surface area contributed by atoms with Crippen LogP contribution in [0.15, 0.2) is 16.3 Å². The third kappa shape index (κ3) is 3.33. The van der Waals surface area contributed by atoms with E-state index in [2.05, 4.69) is 5.32 Å². The maximum absolute atomic E-state index is 12.7. The Bertz CT molecular complexity index is 737. The Kier molecular flexibility index (Phi) is 4.93. The molecule has 2 fully saturated rings. The zero-order valence-corrected chi connectivity index (χ0v) is 14.7. The number of hydrogen-bond donors (Lipinski definition) is 2. The number of carbonyl (C=O) groups excluding carboxylic acids is 1. The van der Waals surface area contributed by atoms with Gasteiger partial charge in [-0.05, 0) is 43.6 Å². The van der Waals surface area contributed by atoms with Crippen molar-refractivity contribution in [1.29, 1.82) is 0 Å². The molecule has 1 amide bonds. The molecule has 1 aromatic heterocycles. The van der Waals surface area contributed by atoms with Crippen LogP contribution in [0.4, 0.5) is 0 Å². The van der Waals surface area contributed by atoms with Crippen LogP contribution >= 0.6 is 11.3 Å². The van der Waals surface area contributed by atoms with E-state index in [1.54, 1.807) is 5.38 Å². The van der Waals surface area contributed by atoms with Crippen LogP contribution in [0.5, 0.6) is 0 Å². The number of nitrogens with zero attached hydrogens (tertiary/aromatic N) is 1. The monoisotopic (exact) mass is 372 g/mol. The quantitative estimate of drug-likeness (QED) is 0.815. The first kappa shape index (κ1) is 17.4. The van der Waals surface area contributed by atoms with Crippen LogP contribution in [-0.4, -0.2) is 48.8 Å². The summed E-state index contributed by atoms with van der Waals surface area (Å²) >= 11 is 1.10. The SMILES string of the molecule is O=C(N[C@H]1CC[C@@H](C(=O)O)C1)c1sccc1S(=O)(=O)N1CCCC1. The Hall–Kier alpha value is -1.45. The number of thiophene rings is 1. The standard InChI is InChI=1S/C15H20N2O5S2/c18-14(16-11-4-3-10(9-11)15(19)20)13-12(5-8-23-13)24(21,22)17-6-1-2-7-17/h5,8,10-11H,1-4,6-7,9H2,(H,16,18)(H,19,20)/t10-,11+/m1/s1. The average molecular weight is 372 g/mol. The third-order valence-electron chi connectivity index (χ3n) is 4.64. The second-order valence-electron chi connectivity index (χ2n) is 6.24. The van der Waals surface area contributed by atoms with Gasteiger partial charge < -0.3 is 10.4 Å². The highest BCUT2D eigenvalue weighted by atomic mass is 32.2. The fraction of sp³-hybridized carbons (Fsp3) is 0.600. The number of aliphatic carboxylic acids is 1. The van der Waals surface area contributed by atoms with Crippen LogP contribution in [-0.2, 0) is 14.8 Å². The van der Waals surface area contributed by atoms with Crippen molar-refractivity contribution in [1.82, 2.24) is 9.62 Å². The largest absolute Gasteiger partial charge is 0.481 e. The lowest BCUT2D eigenvalue weighted by Crippen LogP contribution is -2.35. The fourth-order valence-electron chi connectivity index (χ4n) is 3.32. The van der Waals surface area contributed by atoms with Crippen LogP contribution in [0.1, 0.15) is 41.8 Å². The van der Waals surface area contributed by atoms with Gasteiger partial charge in [0.2, 0.25) is 10.0 Å². The van der Waals surface area contributed by atoms with Crippen molar-refractivity contribution in [3.05, 3.63) is 16.3 Å². The molecule has 7 nitrogen and oxygen atoms in total. The van der Waals surface area contributed by atoms with Gasteiger partial charge in [0.1, 0.15) is 9.77 Å². The Morgan fingerprint density at radius 3 is 2.58 bits per heavy atom. The zero-order chi connectivity index (χ0) is 17.3. The smallest absolute Gasteiger partial charge is 0.306 e. The van der Waals surface area contributed by atoms with Gasteiger partial charge in [-0.1, -0.05) is 0 Å². The summed E-state index contributed by atoms with van der Waals surface area (Å²) < 4.78 is 26.8. The molecule has 2 atom stereocenters. The number of carboxylic acid groups (broad SMARTS) is 1. The zero-order valence-electron chi connectivity index (χ0n) is 13.1. The van der Waals surface area contributed by atoms with Crippen LogP contribution in [0.2, 0.25) is 0 Å². The molecule has 0 unspecified atom stereocenters. The highest BCUT2D eigenvalue weighted by molar-refractivity contribution is 7.89. The molecule has 2 heterocycles. The summed E-state index contributed by atoms with van der Waals surface area (Å²) in [6.07, 6.45) is 3.19. The first-order valence-electron chi connectivity index (χ1n) is 8.01. The first-order valence-corrected chi connectivity index (χ1v) is 10.3. The van der Waals surface area contributed by atoms with Crippen LogP contribution in [0.25, 0.3) is 0 Å². The summed E-state index contributed by atoms with van der Waals surface area (Å²) in [5.74, 6) is -1.72. The van der Waals surface area contributed by atoms with Gasteiger partial charge in [-0.15, -0.1) is 11.3 Å². The Morgan fingerprint density at radius 2 is 1.96 bits per heavy atom. The van der Waals surface area contributed by atoms with E-state index in [0.29, 0.717) is 32.4 Å². The summed E-state index contributed by atoms with van der Waals surface area (Å²) in [5, 5.41) is 13.4. The lowest BCUT2D eigenvalue weighted by Gasteiger charge is -2.17. The summed E-state index contributed by atoms with van der Waals surface area (Å²) in [6.45, 7) is 0.976. The number of carboxylic acids is 1. The number of nitrogens with one attached hydrogen (secondary N) is 1. The average Bonchev–Trinajstić information content (AvgIpc) is 3.27. The molecule has 24 heavy (non-hydrogen) atoms. The molecular weight excluding hydrogens is 352 g/mol. The molecule has 9 heteroatoms. The molecule has 132 valence electrons. The number of amides is 1. The molecule has 3 rings (SSSR count). The van der Waals surface area contributed by atoms with E-state index in [1.807, 2.05) is 0 Å². The molecule has 1 saturated heterocycles. The predicted molar refractivity (Wildman–Crippen MR) is 88.5 cm³/mol. The number of rotatable bonds is 5. The van der Waals surface area contributed by atoms with Gasteiger partial charge >= 0.3 is 5.97 Å². The predicted octanol–water partition coefficient (Wildman–Crippen LogP) is 1.52. The van der Waals surface area contributed by atoms with Crippen molar-refractivity contribution < 1.29 is 23.1 Å². The lowest BCUT2D eigenvalue weighted by atomic mass is 10.1. The van der Waals surface area contributed by atoms with Gasteiger partial charge in [-0.3, -0.25) is 9.59 Å². The van der Waals surface area contributed by atoms with Gasteiger partial charge in [0, 0.05) is 19.1 Å². The minimum absolute atomic E-state index is 0.0553. The van der Waals surface area contributed by atoms with E-state index in [0.717, 1.165) is 24.2 Å². The van der Waals surface area contributed by atoms with Gasteiger partial charge in [0.05, 0.1) is 5.92 Å². The number of hydrogen-bond acceptors (Lipinski definition) is 5. The van der Waals surface area contributed by atoms with E-state index in [-0.39, 0.29) is 15.8 Å². The molecule has 0 bridgehead atoms. The summed E-state index contributed by atoms with van der Waals surface area (Å²) in [7, 11) is -3.64. The van der Waals surface area contributed by atoms with Crippen molar-refractivity contribution in [3.63, 3.8) is 0 Å². The minimum Gasteiger partial charge on any atom is -0.481 e. The second-order valence-corrected chi connectivity index (χ2v) is 9.07. The van der Waals surface area contributed by atoms with Gasteiger partial charge in [0.25, 0.3) is 5.91 Å². The molecule has 1 aliphatic carbocycles. The number of carbonyl (C=O) groups is 2. The minimum atomic E-state index is -3.64. The summed E-state index contributed by atoms with van der Waals surface area (Å²) in [5.41, 5.74) is 0. The molecular formula is C15H20N2O5S2. The van der Waals surface area contributed by atoms with Crippen LogP contribution in [0.3, 0.4) is 0 Å². The van der Waals surface area contributed by atoms with Crippen molar-refractivity contribution in [2.75, 3.05) is 13.1 Å². The van der Waals surface area contributed by atoms with E-state index < -0.39 is 27.8 Å². The molecule has 1 aromatic rings. The molecule has 1 saturated carbocycles. The van der Waals surface area contributed by atoms with Gasteiger partial charge in [-0.2, -0.15) is 4.31 Å². The third-order valence-corrected chi connectivity index (χ3v) is 7.62. The molecule has 2 N–H and O–H groups in total. The molecule has 0 spiro atoms. The van der Waals surface area contributed by atoms with Crippen molar-refractivity contribution in [3.8, 4) is 0 Å². The molecule has 2 aliphatic rings. The van der Waals surface area contributed by atoms with Crippen LogP contribution in [0, 0.1) is 5.92 Å². The number of sulfonamides is 1. The topological polar surface area (TPSA) is 104 Å². The van der Waals surface area contributed by atoms with E-state index in [4.69, 9.17) is 5.11 Å². The van der Waals surface area contributed by atoms with Crippen LogP contribution < -0.4 is 5.32 Å². The van der Waals surface area contributed by atoms with Gasteiger partial charge in [0.15, 0.2) is 0 Å². The second kappa shape index (κ2) is 6.81. The highest BCUT2D eigenvalue weighted by Crippen LogP contribution is 2.29. The maximum atomic E-state index is 12.7. The van der Waals surface area contributed by atoms with E-state index >= 15 is 0 Å². The summed E-state index contributed by atoms with van der Waals surface area (Å²) in [6, 6.07) is 1.25. The van der Waals surface area contributed by atoms with E-state index in [9.17, 15) is 18.0 Å². The summed E-state index contributed by atoms with van der Waals surface area (Å²) in [4.78, 5) is 23.7. The first-order chi connectivity index (χ1) is 11.4. The highest BCUT2D eigenvalue weighted by Gasteiger charge is 2.34. The van der Waals surface area contributed by atoms with Crippen molar-refractivity contribution >= 4 is 33.2 Å². The molecule has 0 aromatic carbocycles. The van der Waals surface area contributed by atoms with Crippen molar-refractivity contribution in [2.24, 2.45) is 5.92 Å². The molecule has 1 aliphatic heterocycles. The Labute approximate surface area is 144 Å². The molecule has 0 radical (unpaired) electrons. The normalized spacial score (nSPS) is 25.0. The maximum Gasteiger partial charge on any atom is 0.306 e. The Balaban J connectivity index is 1.73. The lowest BCUT2D eigenvalue weighted by molar-refractivity contribution is -0.141. The fourth-order valence-corrected chi connectivity index (χ4v) is 6.14.